The van der Waals surface area contributed by atoms with Crippen LogP contribution in [0.1, 0.15) is 15.2 Å². The fourth-order valence-corrected chi connectivity index (χ4v) is 3.40. The van der Waals surface area contributed by atoms with E-state index in [2.05, 4.69) is 10.0 Å². The van der Waals surface area contributed by atoms with Crippen LogP contribution in [0.3, 0.4) is 0 Å². The number of sulfonamides is 1. The predicted octanol–water partition coefficient (Wildman–Crippen LogP) is 1.78. The van der Waals surface area contributed by atoms with E-state index in [4.69, 9.17) is 16.3 Å². The third-order valence-corrected chi connectivity index (χ3v) is 5.73. The number of benzene rings is 1. The summed E-state index contributed by atoms with van der Waals surface area (Å²) in [7, 11) is -2.48. The van der Waals surface area contributed by atoms with E-state index in [-0.39, 0.29) is 15.5 Å². The number of rotatable bonds is 7. The summed E-state index contributed by atoms with van der Waals surface area (Å²) in [6, 6.07) is 7.36. The van der Waals surface area contributed by atoms with Crippen LogP contribution in [0.15, 0.2) is 40.6 Å². The maximum atomic E-state index is 12.1. The Balaban J connectivity index is 1.98. The molecule has 0 bridgehead atoms. The monoisotopic (exact) mass is 402 g/mol. The normalized spacial score (nSPS) is 11.1. The molecule has 0 atom stereocenters. The fraction of sp³-hybridized carbons (Fsp3) is 0.200. The van der Waals surface area contributed by atoms with Crippen molar-refractivity contribution in [1.29, 1.82) is 0 Å². The van der Waals surface area contributed by atoms with Crippen LogP contribution < -0.4 is 10.0 Å². The summed E-state index contributed by atoms with van der Waals surface area (Å²) in [6.07, 6.45) is 0. The smallest absolute Gasteiger partial charge is 0.340 e. The molecule has 0 unspecified atom stereocenters. The summed E-state index contributed by atoms with van der Waals surface area (Å²) in [4.78, 5) is 24.6. The molecule has 0 saturated heterocycles. The number of esters is 1. The molecule has 1 amide bonds. The van der Waals surface area contributed by atoms with Gasteiger partial charge in [0.25, 0.3) is 5.91 Å². The number of hydrogen-bond acceptors (Lipinski definition) is 6. The van der Waals surface area contributed by atoms with E-state index in [9.17, 15) is 18.0 Å². The molecule has 134 valence electrons. The number of amides is 1. The van der Waals surface area contributed by atoms with Crippen molar-refractivity contribution in [3.8, 4) is 0 Å². The van der Waals surface area contributed by atoms with Crippen molar-refractivity contribution in [3.05, 3.63) is 51.2 Å². The minimum Gasteiger partial charge on any atom is -0.452 e. The Morgan fingerprint density at radius 2 is 2.04 bits per heavy atom. The Bertz CT molecular complexity index is 866. The van der Waals surface area contributed by atoms with Gasteiger partial charge in [-0.05, 0) is 36.7 Å². The lowest BCUT2D eigenvalue weighted by Crippen LogP contribution is -2.28. The van der Waals surface area contributed by atoms with Crippen molar-refractivity contribution in [2.24, 2.45) is 0 Å². The van der Waals surface area contributed by atoms with Crippen LogP contribution in [0.5, 0.6) is 0 Å². The number of nitrogens with one attached hydrogen (secondary N) is 2. The van der Waals surface area contributed by atoms with Crippen LogP contribution in [-0.4, -0.2) is 33.9 Å². The molecule has 0 aliphatic carbocycles. The predicted molar refractivity (Wildman–Crippen MR) is 94.1 cm³/mol. The van der Waals surface area contributed by atoms with E-state index < -0.39 is 28.5 Å². The van der Waals surface area contributed by atoms with E-state index >= 15 is 0 Å². The summed E-state index contributed by atoms with van der Waals surface area (Å²) in [5, 5.41) is 4.52. The molecule has 0 radical (unpaired) electrons. The number of carbonyl (C=O) groups excluding carboxylic acids is 2. The molecule has 0 spiro atoms. The third-order valence-electron chi connectivity index (χ3n) is 3.11. The lowest BCUT2D eigenvalue weighted by atomic mass is 10.2. The minimum atomic E-state index is -3.73. The Morgan fingerprint density at radius 3 is 2.68 bits per heavy atom. The van der Waals surface area contributed by atoms with Gasteiger partial charge in [0, 0.05) is 4.88 Å². The van der Waals surface area contributed by atoms with Crippen molar-refractivity contribution < 1.29 is 22.7 Å². The maximum Gasteiger partial charge on any atom is 0.340 e. The summed E-state index contributed by atoms with van der Waals surface area (Å²) in [5.41, 5.74) is -0.135. The standard InChI is InChI=1S/C15H15ClN2O5S2/c1-17-25(21,22)11-4-5-13(16)12(7-11)15(20)23-9-14(19)18-8-10-3-2-6-24-10/h2-7,17H,8-9H2,1H3,(H,18,19). The number of hydrogen-bond donors (Lipinski definition) is 2. The van der Waals surface area contributed by atoms with Crippen LogP contribution in [0.25, 0.3) is 0 Å². The largest absolute Gasteiger partial charge is 0.452 e. The molecular formula is C15H15ClN2O5S2. The van der Waals surface area contributed by atoms with Crippen LogP contribution in [0.2, 0.25) is 5.02 Å². The molecule has 0 aliphatic heterocycles. The van der Waals surface area contributed by atoms with Gasteiger partial charge in [-0.15, -0.1) is 11.3 Å². The van der Waals surface area contributed by atoms with Gasteiger partial charge in [0.2, 0.25) is 10.0 Å². The second-order valence-corrected chi connectivity index (χ2v) is 8.11. The average Bonchev–Trinajstić information content (AvgIpc) is 3.11. The molecule has 0 fully saturated rings. The zero-order valence-electron chi connectivity index (χ0n) is 13.1. The summed E-state index contributed by atoms with van der Waals surface area (Å²) in [5.74, 6) is -1.36. The van der Waals surface area contributed by atoms with Crippen LogP contribution >= 0.6 is 22.9 Å². The van der Waals surface area contributed by atoms with Crippen molar-refractivity contribution >= 4 is 44.8 Å². The van der Waals surface area contributed by atoms with Gasteiger partial charge in [0.1, 0.15) is 0 Å². The second kappa shape index (κ2) is 8.43. The lowest BCUT2D eigenvalue weighted by molar-refractivity contribution is -0.124. The van der Waals surface area contributed by atoms with Gasteiger partial charge in [-0.1, -0.05) is 17.7 Å². The van der Waals surface area contributed by atoms with Crippen molar-refractivity contribution in [2.45, 2.75) is 11.4 Å². The Labute approximate surface area is 154 Å². The van der Waals surface area contributed by atoms with Gasteiger partial charge in [0.05, 0.1) is 22.0 Å². The quantitative estimate of drug-likeness (QED) is 0.687. The number of carbonyl (C=O) groups is 2. The number of thiophene rings is 1. The van der Waals surface area contributed by atoms with Crippen molar-refractivity contribution in [2.75, 3.05) is 13.7 Å². The van der Waals surface area contributed by atoms with E-state index in [0.717, 1.165) is 10.9 Å². The van der Waals surface area contributed by atoms with Crippen LogP contribution in [-0.2, 0) is 26.1 Å². The van der Waals surface area contributed by atoms with Crippen molar-refractivity contribution in [1.82, 2.24) is 10.0 Å². The first-order valence-electron chi connectivity index (χ1n) is 7.03. The molecule has 2 rings (SSSR count). The first-order valence-corrected chi connectivity index (χ1v) is 9.77. The number of ether oxygens (including phenoxy) is 1. The molecule has 1 aromatic carbocycles. The first-order chi connectivity index (χ1) is 11.8. The fourth-order valence-electron chi connectivity index (χ4n) is 1.80. The van der Waals surface area contributed by atoms with E-state index in [0.29, 0.717) is 6.54 Å². The van der Waals surface area contributed by atoms with E-state index in [1.54, 1.807) is 0 Å². The first kappa shape index (κ1) is 19.4. The second-order valence-electron chi connectivity index (χ2n) is 4.78. The Kier molecular flexibility index (Phi) is 6.54. The van der Waals surface area contributed by atoms with Gasteiger partial charge in [-0.25, -0.2) is 17.9 Å². The van der Waals surface area contributed by atoms with Gasteiger partial charge >= 0.3 is 5.97 Å². The summed E-state index contributed by atoms with van der Waals surface area (Å²) in [6.45, 7) is -0.158. The van der Waals surface area contributed by atoms with Crippen molar-refractivity contribution in [3.63, 3.8) is 0 Å². The van der Waals surface area contributed by atoms with Gasteiger partial charge in [-0.3, -0.25) is 4.79 Å². The Hall–Kier alpha value is -1.94. The zero-order chi connectivity index (χ0) is 18.4. The van der Waals surface area contributed by atoms with E-state index in [1.165, 1.54) is 30.5 Å². The molecule has 1 heterocycles. The lowest BCUT2D eigenvalue weighted by Gasteiger charge is -2.09. The van der Waals surface area contributed by atoms with Crippen LogP contribution in [0.4, 0.5) is 0 Å². The molecule has 7 nitrogen and oxygen atoms in total. The molecule has 25 heavy (non-hydrogen) atoms. The van der Waals surface area contributed by atoms with E-state index in [1.807, 2.05) is 17.5 Å². The van der Waals surface area contributed by atoms with Gasteiger partial charge < -0.3 is 10.1 Å². The highest BCUT2D eigenvalue weighted by Gasteiger charge is 2.19. The molecule has 1 aromatic heterocycles. The van der Waals surface area contributed by atoms with Crippen LogP contribution in [0, 0.1) is 0 Å². The zero-order valence-corrected chi connectivity index (χ0v) is 15.5. The maximum absolute atomic E-state index is 12.1. The molecule has 0 saturated carbocycles. The highest BCUT2D eigenvalue weighted by atomic mass is 35.5. The molecular weight excluding hydrogens is 388 g/mol. The average molecular weight is 403 g/mol. The topological polar surface area (TPSA) is 102 Å². The SMILES string of the molecule is CNS(=O)(=O)c1ccc(Cl)c(C(=O)OCC(=O)NCc2cccs2)c1. The minimum absolute atomic E-state index is 0.0269. The third kappa shape index (κ3) is 5.27. The summed E-state index contributed by atoms with van der Waals surface area (Å²) < 4.78 is 30.6. The highest BCUT2D eigenvalue weighted by molar-refractivity contribution is 7.89. The molecule has 2 N–H and O–H groups in total. The van der Waals surface area contributed by atoms with Gasteiger partial charge in [-0.2, -0.15) is 0 Å². The molecule has 2 aromatic rings. The van der Waals surface area contributed by atoms with Gasteiger partial charge in [0.15, 0.2) is 6.61 Å². The molecule has 0 aliphatic rings. The number of halogens is 1. The molecule has 10 heteroatoms. The highest BCUT2D eigenvalue weighted by Crippen LogP contribution is 2.21. The summed E-state index contributed by atoms with van der Waals surface area (Å²) >= 11 is 7.40. The Morgan fingerprint density at radius 1 is 1.28 bits per heavy atom.